The fourth-order valence-electron chi connectivity index (χ4n) is 1.15. The Kier molecular flexibility index (Phi) is 3.80. The number of rotatable bonds is 2. The molecule has 1 amide bonds. The van der Waals surface area contributed by atoms with Gasteiger partial charge in [-0.2, -0.15) is 13.2 Å². The summed E-state index contributed by atoms with van der Waals surface area (Å²) in [4.78, 5) is 11.3. The zero-order chi connectivity index (χ0) is 12.3. The number of nitrogens with one attached hydrogen (secondary N) is 1. The summed E-state index contributed by atoms with van der Waals surface area (Å²) in [5, 5.41) is 2.09. The summed E-state index contributed by atoms with van der Waals surface area (Å²) in [5.41, 5.74) is 0.832. The van der Waals surface area contributed by atoms with Crippen molar-refractivity contribution in [2.45, 2.75) is 13.1 Å². The summed E-state index contributed by atoms with van der Waals surface area (Å²) in [6.07, 6.45) is -4.41. The van der Waals surface area contributed by atoms with Crippen LogP contribution in [0.25, 0.3) is 0 Å². The van der Waals surface area contributed by atoms with Crippen molar-refractivity contribution in [3.63, 3.8) is 0 Å². The summed E-state index contributed by atoms with van der Waals surface area (Å²) in [5.74, 6) is -0.789. The third kappa shape index (κ3) is 4.10. The Balaban J connectivity index is 2.73. The van der Waals surface area contributed by atoms with E-state index in [1.165, 1.54) is 12.1 Å². The first-order valence-corrected chi connectivity index (χ1v) is 4.78. The van der Waals surface area contributed by atoms with E-state index in [9.17, 15) is 18.0 Å². The van der Waals surface area contributed by atoms with Gasteiger partial charge in [-0.1, -0.05) is 11.6 Å². The van der Waals surface area contributed by atoms with E-state index in [0.29, 0.717) is 10.6 Å². The molecule has 0 aliphatic carbocycles. The van der Waals surface area contributed by atoms with E-state index in [0.717, 1.165) is 0 Å². The third-order valence-electron chi connectivity index (χ3n) is 1.75. The summed E-state index contributed by atoms with van der Waals surface area (Å²) >= 11 is 5.68. The van der Waals surface area contributed by atoms with E-state index in [4.69, 9.17) is 11.6 Å². The van der Waals surface area contributed by atoms with E-state index in [-0.39, 0.29) is 5.56 Å². The molecule has 6 heteroatoms. The lowest BCUT2D eigenvalue weighted by atomic mass is 10.1. The molecule has 0 unspecified atom stereocenters. The second-order valence-corrected chi connectivity index (χ2v) is 3.75. The van der Waals surface area contributed by atoms with Gasteiger partial charge in [0.05, 0.1) is 0 Å². The number of amides is 1. The first-order valence-electron chi connectivity index (χ1n) is 4.40. The van der Waals surface area contributed by atoms with Crippen LogP contribution in [-0.2, 0) is 0 Å². The summed E-state index contributed by atoms with van der Waals surface area (Å²) in [7, 11) is 0. The highest BCUT2D eigenvalue weighted by Crippen LogP contribution is 2.16. The standard InChI is InChI=1S/C10H9ClF3NO/c1-6-2-7(4-8(11)3-6)9(16)15-5-10(12,13)14/h2-4H,5H2,1H3,(H,15,16). The fourth-order valence-corrected chi connectivity index (χ4v) is 1.44. The Morgan fingerprint density at radius 2 is 2.00 bits per heavy atom. The molecule has 88 valence electrons. The van der Waals surface area contributed by atoms with Gasteiger partial charge in [0.2, 0.25) is 0 Å². The number of hydrogen-bond acceptors (Lipinski definition) is 1. The first-order chi connectivity index (χ1) is 7.28. The summed E-state index contributed by atoms with van der Waals surface area (Å²) < 4.78 is 35.5. The van der Waals surface area contributed by atoms with Crippen molar-refractivity contribution in [3.05, 3.63) is 34.3 Å². The molecule has 0 radical (unpaired) electrons. The topological polar surface area (TPSA) is 29.1 Å². The average molecular weight is 252 g/mol. The van der Waals surface area contributed by atoms with Crippen molar-refractivity contribution in [2.75, 3.05) is 6.54 Å². The molecule has 1 N–H and O–H groups in total. The van der Waals surface area contributed by atoms with Crippen LogP contribution in [0.1, 0.15) is 15.9 Å². The van der Waals surface area contributed by atoms with Gasteiger partial charge in [0.25, 0.3) is 5.91 Å². The minimum absolute atomic E-state index is 0.120. The van der Waals surface area contributed by atoms with Crippen molar-refractivity contribution >= 4 is 17.5 Å². The Morgan fingerprint density at radius 3 is 2.50 bits per heavy atom. The number of benzene rings is 1. The molecule has 1 aromatic carbocycles. The third-order valence-corrected chi connectivity index (χ3v) is 1.97. The quantitative estimate of drug-likeness (QED) is 0.860. The Hall–Kier alpha value is -1.23. The predicted octanol–water partition coefficient (Wildman–Crippen LogP) is 2.94. The van der Waals surface area contributed by atoms with Crippen molar-refractivity contribution in [1.29, 1.82) is 0 Å². The molecule has 0 atom stereocenters. The molecule has 0 aliphatic heterocycles. The average Bonchev–Trinajstić information content (AvgIpc) is 2.11. The Bertz CT molecular complexity index is 383. The first kappa shape index (κ1) is 12.8. The highest BCUT2D eigenvalue weighted by Gasteiger charge is 2.27. The molecule has 0 saturated heterocycles. The number of halogens is 4. The number of hydrogen-bond donors (Lipinski definition) is 1. The monoisotopic (exact) mass is 251 g/mol. The maximum Gasteiger partial charge on any atom is 0.405 e. The van der Waals surface area contributed by atoms with E-state index < -0.39 is 18.6 Å². The normalized spacial score (nSPS) is 11.3. The van der Waals surface area contributed by atoms with E-state index in [1.54, 1.807) is 18.3 Å². The maximum absolute atomic E-state index is 11.8. The van der Waals surface area contributed by atoms with E-state index in [2.05, 4.69) is 0 Å². The van der Waals surface area contributed by atoms with Crippen LogP contribution in [0.5, 0.6) is 0 Å². The van der Waals surface area contributed by atoms with Crippen LogP contribution < -0.4 is 5.32 Å². The highest BCUT2D eigenvalue weighted by molar-refractivity contribution is 6.31. The van der Waals surface area contributed by atoms with Crippen LogP contribution in [0.15, 0.2) is 18.2 Å². The lowest BCUT2D eigenvalue weighted by Crippen LogP contribution is -2.33. The van der Waals surface area contributed by atoms with Crippen LogP contribution in [-0.4, -0.2) is 18.6 Å². The number of aryl methyl sites for hydroxylation is 1. The van der Waals surface area contributed by atoms with Crippen LogP contribution >= 0.6 is 11.6 Å². The second kappa shape index (κ2) is 4.74. The molecule has 0 saturated carbocycles. The highest BCUT2D eigenvalue weighted by atomic mass is 35.5. The van der Waals surface area contributed by atoms with Crippen molar-refractivity contribution in [3.8, 4) is 0 Å². The SMILES string of the molecule is Cc1cc(Cl)cc(C(=O)NCC(F)(F)F)c1. The van der Waals surface area contributed by atoms with Crippen LogP contribution in [0.3, 0.4) is 0 Å². The van der Waals surface area contributed by atoms with Gasteiger partial charge in [0.15, 0.2) is 0 Å². The van der Waals surface area contributed by atoms with Crippen molar-refractivity contribution < 1.29 is 18.0 Å². The molecule has 16 heavy (non-hydrogen) atoms. The predicted molar refractivity (Wildman–Crippen MR) is 54.6 cm³/mol. The summed E-state index contributed by atoms with van der Waals surface area (Å²) in [6, 6.07) is 4.40. The molecule has 0 spiro atoms. The van der Waals surface area contributed by atoms with E-state index >= 15 is 0 Å². The summed E-state index contributed by atoms with van der Waals surface area (Å²) in [6.45, 7) is 0.351. The Labute approximate surface area is 95.4 Å². The fraction of sp³-hybridized carbons (Fsp3) is 0.300. The van der Waals surface area contributed by atoms with Gasteiger partial charge in [-0.05, 0) is 30.7 Å². The van der Waals surface area contributed by atoms with Gasteiger partial charge in [-0.25, -0.2) is 0 Å². The van der Waals surface area contributed by atoms with Crippen LogP contribution in [0.4, 0.5) is 13.2 Å². The maximum atomic E-state index is 11.8. The van der Waals surface area contributed by atoms with Crippen LogP contribution in [0.2, 0.25) is 5.02 Å². The van der Waals surface area contributed by atoms with Crippen molar-refractivity contribution in [2.24, 2.45) is 0 Å². The van der Waals surface area contributed by atoms with Gasteiger partial charge in [-0.3, -0.25) is 4.79 Å². The lowest BCUT2D eigenvalue weighted by Gasteiger charge is -2.08. The number of carbonyl (C=O) groups excluding carboxylic acids is 1. The molecule has 0 aliphatic rings. The number of carbonyl (C=O) groups is 1. The van der Waals surface area contributed by atoms with Gasteiger partial charge in [-0.15, -0.1) is 0 Å². The van der Waals surface area contributed by atoms with Gasteiger partial charge >= 0.3 is 6.18 Å². The molecule has 1 aromatic rings. The molecular weight excluding hydrogens is 243 g/mol. The zero-order valence-corrected chi connectivity index (χ0v) is 9.12. The number of alkyl halides is 3. The second-order valence-electron chi connectivity index (χ2n) is 3.32. The molecule has 2 nitrogen and oxygen atoms in total. The largest absolute Gasteiger partial charge is 0.405 e. The van der Waals surface area contributed by atoms with Gasteiger partial charge in [0, 0.05) is 10.6 Å². The molecule has 0 aromatic heterocycles. The Morgan fingerprint density at radius 1 is 1.38 bits per heavy atom. The van der Waals surface area contributed by atoms with Gasteiger partial charge < -0.3 is 5.32 Å². The molecule has 1 rings (SSSR count). The molecule has 0 fully saturated rings. The molecular formula is C10H9ClF3NO. The van der Waals surface area contributed by atoms with Crippen LogP contribution in [0, 0.1) is 6.92 Å². The minimum Gasteiger partial charge on any atom is -0.343 e. The molecule has 0 bridgehead atoms. The zero-order valence-electron chi connectivity index (χ0n) is 8.36. The van der Waals surface area contributed by atoms with E-state index in [1.807, 2.05) is 0 Å². The lowest BCUT2D eigenvalue weighted by molar-refractivity contribution is -0.123. The van der Waals surface area contributed by atoms with Gasteiger partial charge in [0.1, 0.15) is 6.54 Å². The van der Waals surface area contributed by atoms with Crippen molar-refractivity contribution in [1.82, 2.24) is 5.32 Å². The smallest absolute Gasteiger partial charge is 0.343 e. The minimum atomic E-state index is -4.41. The molecule has 0 heterocycles.